The second-order valence-electron chi connectivity index (χ2n) is 5.63. The average Bonchev–Trinajstić information content (AvgIpc) is 2.97. The molecule has 1 saturated heterocycles. The Labute approximate surface area is 118 Å². The Balaban J connectivity index is 2.02. The van der Waals surface area contributed by atoms with Gasteiger partial charge < -0.3 is 10.2 Å². The van der Waals surface area contributed by atoms with Gasteiger partial charge in [-0.2, -0.15) is 0 Å². The van der Waals surface area contributed by atoms with Gasteiger partial charge in [-0.15, -0.1) is 0 Å². The van der Waals surface area contributed by atoms with E-state index in [2.05, 4.69) is 24.1 Å². The summed E-state index contributed by atoms with van der Waals surface area (Å²) < 4.78 is 6.93. The van der Waals surface area contributed by atoms with Crippen LogP contribution in [0.4, 0.5) is 0 Å². The van der Waals surface area contributed by atoms with Crippen LogP contribution in [0.2, 0.25) is 0 Å². The third-order valence-corrected chi connectivity index (χ3v) is 4.36. The molecular formula is C15H21N3O2. The van der Waals surface area contributed by atoms with Crippen LogP contribution in [-0.4, -0.2) is 29.6 Å². The third kappa shape index (κ3) is 2.07. The lowest BCUT2D eigenvalue weighted by molar-refractivity contribution is 0.314. The van der Waals surface area contributed by atoms with Crippen LogP contribution in [0.1, 0.15) is 24.9 Å². The maximum Gasteiger partial charge on any atom is 0.419 e. The molecule has 2 unspecified atom stereocenters. The van der Waals surface area contributed by atoms with E-state index in [-0.39, 0.29) is 5.76 Å². The molecule has 2 heterocycles. The van der Waals surface area contributed by atoms with E-state index >= 15 is 0 Å². The summed E-state index contributed by atoms with van der Waals surface area (Å²) in [6, 6.07) is 6.43. The Morgan fingerprint density at radius 3 is 2.90 bits per heavy atom. The van der Waals surface area contributed by atoms with Crippen molar-refractivity contribution in [1.29, 1.82) is 0 Å². The molecule has 2 N–H and O–H groups in total. The fourth-order valence-electron chi connectivity index (χ4n) is 3.25. The number of nitrogens with zero attached hydrogens (tertiary/aromatic N) is 2. The first-order valence-corrected chi connectivity index (χ1v) is 7.17. The Hall–Kier alpha value is -1.59. The van der Waals surface area contributed by atoms with Crippen molar-refractivity contribution in [3.05, 3.63) is 34.3 Å². The van der Waals surface area contributed by atoms with Crippen LogP contribution >= 0.6 is 0 Å². The SMILES string of the molecule is CCn1c(=O)oc2ccc(C3CC(CN)CN3C)cc21. The molecule has 0 radical (unpaired) electrons. The van der Waals surface area contributed by atoms with Gasteiger partial charge in [0.25, 0.3) is 0 Å². The van der Waals surface area contributed by atoms with Crippen LogP contribution in [0.5, 0.6) is 0 Å². The van der Waals surface area contributed by atoms with E-state index < -0.39 is 0 Å². The maximum atomic E-state index is 11.7. The van der Waals surface area contributed by atoms with E-state index in [1.165, 1.54) is 5.56 Å². The molecule has 5 heteroatoms. The molecule has 0 aliphatic carbocycles. The molecule has 1 fully saturated rings. The number of benzene rings is 1. The van der Waals surface area contributed by atoms with Crippen molar-refractivity contribution in [2.45, 2.75) is 25.9 Å². The van der Waals surface area contributed by atoms with Gasteiger partial charge in [0.1, 0.15) is 0 Å². The number of aromatic nitrogens is 1. The third-order valence-electron chi connectivity index (χ3n) is 4.36. The summed E-state index contributed by atoms with van der Waals surface area (Å²) in [5.41, 5.74) is 8.58. The predicted molar refractivity (Wildman–Crippen MR) is 78.7 cm³/mol. The number of hydrogen-bond donors (Lipinski definition) is 1. The molecule has 108 valence electrons. The Morgan fingerprint density at radius 1 is 1.45 bits per heavy atom. The zero-order chi connectivity index (χ0) is 14.3. The minimum Gasteiger partial charge on any atom is -0.408 e. The van der Waals surface area contributed by atoms with Crippen LogP contribution in [0, 0.1) is 5.92 Å². The van der Waals surface area contributed by atoms with Gasteiger partial charge in [-0.3, -0.25) is 9.47 Å². The summed E-state index contributed by atoms with van der Waals surface area (Å²) in [6.45, 7) is 4.34. The van der Waals surface area contributed by atoms with Crippen molar-refractivity contribution < 1.29 is 4.42 Å². The highest BCUT2D eigenvalue weighted by Crippen LogP contribution is 2.34. The zero-order valence-electron chi connectivity index (χ0n) is 12.0. The van der Waals surface area contributed by atoms with Gasteiger partial charge in [-0.25, -0.2) is 4.79 Å². The van der Waals surface area contributed by atoms with Crippen LogP contribution in [0.3, 0.4) is 0 Å². The van der Waals surface area contributed by atoms with Crippen molar-refractivity contribution in [3.63, 3.8) is 0 Å². The molecule has 0 spiro atoms. The quantitative estimate of drug-likeness (QED) is 0.923. The number of likely N-dealkylation sites (tertiary alicyclic amines) is 1. The predicted octanol–water partition coefficient (Wildman–Crippen LogP) is 1.57. The van der Waals surface area contributed by atoms with Gasteiger partial charge in [0, 0.05) is 19.1 Å². The summed E-state index contributed by atoms with van der Waals surface area (Å²) in [5, 5.41) is 0. The lowest BCUT2D eigenvalue weighted by Gasteiger charge is -2.19. The van der Waals surface area contributed by atoms with E-state index in [4.69, 9.17) is 10.2 Å². The number of fused-ring (bicyclic) bond motifs is 1. The first-order chi connectivity index (χ1) is 9.63. The smallest absolute Gasteiger partial charge is 0.408 e. The molecule has 3 rings (SSSR count). The second-order valence-corrected chi connectivity index (χ2v) is 5.63. The van der Waals surface area contributed by atoms with Gasteiger partial charge in [-0.1, -0.05) is 6.07 Å². The van der Waals surface area contributed by atoms with Crippen LogP contribution in [0.25, 0.3) is 11.1 Å². The molecule has 1 aliphatic heterocycles. The van der Waals surface area contributed by atoms with E-state index in [0.29, 0.717) is 24.1 Å². The number of oxazole rings is 1. The van der Waals surface area contributed by atoms with Gasteiger partial charge in [0.05, 0.1) is 5.52 Å². The Bertz CT molecular complexity index is 673. The molecule has 1 aromatic heterocycles. The van der Waals surface area contributed by atoms with Gasteiger partial charge >= 0.3 is 5.76 Å². The van der Waals surface area contributed by atoms with Crippen molar-refractivity contribution >= 4 is 11.1 Å². The van der Waals surface area contributed by atoms with E-state index in [0.717, 1.165) is 25.0 Å². The van der Waals surface area contributed by atoms with Crippen molar-refractivity contribution in [3.8, 4) is 0 Å². The average molecular weight is 275 g/mol. The molecule has 0 bridgehead atoms. The molecule has 2 atom stereocenters. The molecule has 1 aromatic carbocycles. The Kier molecular flexibility index (Phi) is 3.40. The van der Waals surface area contributed by atoms with E-state index in [1.54, 1.807) is 4.57 Å². The highest BCUT2D eigenvalue weighted by Gasteiger charge is 2.30. The fourth-order valence-corrected chi connectivity index (χ4v) is 3.25. The molecule has 0 amide bonds. The lowest BCUT2D eigenvalue weighted by atomic mass is 9.99. The number of aryl methyl sites for hydroxylation is 1. The van der Waals surface area contributed by atoms with E-state index in [1.807, 2.05) is 13.0 Å². The lowest BCUT2D eigenvalue weighted by Crippen LogP contribution is -2.20. The van der Waals surface area contributed by atoms with Crippen LogP contribution in [-0.2, 0) is 6.54 Å². The molecule has 5 nitrogen and oxygen atoms in total. The summed E-state index contributed by atoms with van der Waals surface area (Å²) >= 11 is 0. The standard InChI is InChI=1S/C15H21N3O2/c1-3-18-13-7-11(4-5-14(13)20-15(18)19)12-6-10(8-16)9-17(12)2/h4-5,7,10,12H,3,6,8-9,16H2,1-2H3. The van der Waals surface area contributed by atoms with Gasteiger partial charge in [0.2, 0.25) is 0 Å². The van der Waals surface area contributed by atoms with Crippen molar-refractivity contribution in [2.24, 2.45) is 11.7 Å². The summed E-state index contributed by atoms with van der Waals surface area (Å²) in [4.78, 5) is 14.1. The first-order valence-electron chi connectivity index (χ1n) is 7.17. The molecule has 0 saturated carbocycles. The Morgan fingerprint density at radius 2 is 2.25 bits per heavy atom. The zero-order valence-corrected chi connectivity index (χ0v) is 12.0. The van der Waals surface area contributed by atoms with Gasteiger partial charge in [-0.05, 0) is 50.6 Å². The highest BCUT2D eigenvalue weighted by atomic mass is 16.4. The monoisotopic (exact) mass is 275 g/mol. The fraction of sp³-hybridized carbons (Fsp3) is 0.533. The first kappa shape index (κ1) is 13.4. The number of hydrogen-bond acceptors (Lipinski definition) is 4. The minimum atomic E-state index is -0.278. The van der Waals surface area contributed by atoms with Crippen LogP contribution in [0.15, 0.2) is 27.4 Å². The normalized spacial score (nSPS) is 23.8. The van der Waals surface area contributed by atoms with Crippen molar-refractivity contribution in [2.75, 3.05) is 20.1 Å². The second kappa shape index (κ2) is 5.07. The molecule has 1 aliphatic rings. The topological polar surface area (TPSA) is 64.4 Å². The van der Waals surface area contributed by atoms with Gasteiger partial charge in [0.15, 0.2) is 5.58 Å². The molecule has 2 aromatic rings. The number of rotatable bonds is 3. The number of nitrogens with two attached hydrogens (primary N) is 1. The summed E-state index contributed by atoms with van der Waals surface area (Å²) in [5.74, 6) is 0.276. The maximum absolute atomic E-state index is 11.7. The summed E-state index contributed by atoms with van der Waals surface area (Å²) in [7, 11) is 2.13. The molecule has 20 heavy (non-hydrogen) atoms. The van der Waals surface area contributed by atoms with Crippen molar-refractivity contribution in [1.82, 2.24) is 9.47 Å². The van der Waals surface area contributed by atoms with E-state index in [9.17, 15) is 4.79 Å². The largest absolute Gasteiger partial charge is 0.419 e. The highest BCUT2D eigenvalue weighted by molar-refractivity contribution is 5.74. The minimum absolute atomic E-state index is 0.278. The molecular weight excluding hydrogens is 254 g/mol. The van der Waals surface area contributed by atoms with Crippen LogP contribution < -0.4 is 11.5 Å². The summed E-state index contributed by atoms with van der Waals surface area (Å²) in [6.07, 6.45) is 1.08.